The number of fused-ring (bicyclic) bond motifs is 6. The smallest absolute Gasteiger partial charge is 0.328 e. The molecule has 0 N–H and O–H groups in total. The van der Waals surface area contributed by atoms with Crippen LogP contribution in [0.1, 0.15) is 0 Å². The molecule has 0 bridgehead atoms. The van der Waals surface area contributed by atoms with Crippen molar-refractivity contribution in [3.05, 3.63) is 146 Å². The largest absolute Gasteiger partial charge is 0.456 e. The number of nitrogens with zero attached hydrogens (tertiary/aromatic N) is 1. The first-order valence-electron chi connectivity index (χ1n) is 13.4. The Bertz CT molecular complexity index is 1980. The number of hydrogen-bond acceptors (Lipinski definition) is 2. The van der Waals surface area contributed by atoms with Crippen LogP contribution < -0.4 is 15.7 Å². The summed E-state index contributed by atoms with van der Waals surface area (Å²) in [5.74, 6) is 0. The zero-order valence-electron chi connectivity index (χ0n) is 21.3. The Morgan fingerprint density at radius 3 is 2.03 bits per heavy atom. The highest BCUT2D eigenvalue weighted by Crippen LogP contribution is 2.42. The molecule has 1 aliphatic rings. The zero-order chi connectivity index (χ0) is 25.8. The van der Waals surface area contributed by atoms with Crippen molar-refractivity contribution < 1.29 is 4.42 Å². The molecule has 8 rings (SSSR count). The van der Waals surface area contributed by atoms with Gasteiger partial charge >= 0.3 is 6.85 Å². The normalized spacial score (nSPS) is 12.5. The number of rotatable bonds is 3. The van der Waals surface area contributed by atoms with Crippen molar-refractivity contribution in [2.75, 3.05) is 4.81 Å². The Labute approximate surface area is 227 Å². The zero-order valence-corrected chi connectivity index (χ0v) is 21.3. The van der Waals surface area contributed by atoms with Crippen molar-refractivity contribution >= 4 is 51.1 Å². The lowest BCUT2D eigenvalue weighted by atomic mass is 9.45. The Kier molecular flexibility index (Phi) is 4.96. The van der Waals surface area contributed by atoms with Gasteiger partial charge in [0.15, 0.2) is 0 Å². The van der Waals surface area contributed by atoms with Crippen LogP contribution in [0.2, 0.25) is 0 Å². The minimum absolute atomic E-state index is 0.0804. The van der Waals surface area contributed by atoms with Gasteiger partial charge in [0, 0.05) is 27.7 Å². The van der Waals surface area contributed by atoms with E-state index in [4.69, 9.17) is 4.42 Å². The third-order valence-electron chi connectivity index (χ3n) is 7.92. The molecule has 0 saturated carbocycles. The fraction of sp³-hybridized carbons (Fsp3) is 0. The first kappa shape index (κ1) is 22.0. The Balaban J connectivity index is 1.35. The van der Waals surface area contributed by atoms with Gasteiger partial charge in [0.25, 0.3) is 0 Å². The SMILES string of the molecule is c1ccc(B2c3ccccc3-c3cc(-c4ccc5oc6ccccc6c5c4)ccc3N2c2ccccc2)cc1. The van der Waals surface area contributed by atoms with Gasteiger partial charge in [-0.1, -0.05) is 109 Å². The van der Waals surface area contributed by atoms with E-state index < -0.39 is 0 Å². The van der Waals surface area contributed by atoms with Crippen LogP contribution in [0.4, 0.5) is 11.4 Å². The van der Waals surface area contributed by atoms with Crippen LogP contribution in [0.25, 0.3) is 44.2 Å². The van der Waals surface area contributed by atoms with E-state index in [0.717, 1.165) is 21.9 Å². The van der Waals surface area contributed by atoms with Crippen LogP contribution in [-0.2, 0) is 0 Å². The molecule has 6 aromatic carbocycles. The first-order valence-corrected chi connectivity index (χ1v) is 13.4. The molecule has 0 spiro atoms. The van der Waals surface area contributed by atoms with E-state index in [1.807, 2.05) is 12.1 Å². The maximum Gasteiger partial charge on any atom is 0.328 e. The molecule has 7 aromatic rings. The summed E-state index contributed by atoms with van der Waals surface area (Å²) in [6.45, 7) is 0.0804. The minimum atomic E-state index is 0.0804. The second kappa shape index (κ2) is 8.78. The molecule has 39 heavy (non-hydrogen) atoms. The van der Waals surface area contributed by atoms with Gasteiger partial charge < -0.3 is 9.23 Å². The Morgan fingerprint density at radius 1 is 0.487 bits per heavy atom. The average molecular weight is 497 g/mol. The highest BCUT2D eigenvalue weighted by Gasteiger charge is 2.36. The van der Waals surface area contributed by atoms with Crippen molar-refractivity contribution in [3.63, 3.8) is 0 Å². The van der Waals surface area contributed by atoms with Gasteiger partial charge in [0.1, 0.15) is 11.2 Å². The molecule has 0 unspecified atom stereocenters. The summed E-state index contributed by atoms with van der Waals surface area (Å²) in [4.78, 5) is 2.49. The molecule has 2 heterocycles. The lowest BCUT2D eigenvalue weighted by molar-refractivity contribution is 0.669. The number of furan rings is 1. The van der Waals surface area contributed by atoms with E-state index in [1.165, 1.54) is 44.6 Å². The van der Waals surface area contributed by atoms with Crippen molar-refractivity contribution in [1.29, 1.82) is 0 Å². The monoisotopic (exact) mass is 497 g/mol. The number of para-hydroxylation sites is 2. The van der Waals surface area contributed by atoms with Crippen molar-refractivity contribution in [2.24, 2.45) is 0 Å². The van der Waals surface area contributed by atoms with E-state index in [1.54, 1.807) is 0 Å². The van der Waals surface area contributed by atoms with Crippen molar-refractivity contribution in [2.45, 2.75) is 0 Å². The molecular weight excluding hydrogens is 473 g/mol. The summed E-state index contributed by atoms with van der Waals surface area (Å²) in [5.41, 5.74) is 11.7. The van der Waals surface area contributed by atoms with Gasteiger partial charge in [-0.25, -0.2) is 0 Å². The van der Waals surface area contributed by atoms with E-state index in [9.17, 15) is 0 Å². The fourth-order valence-electron chi connectivity index (χ4n) is 6.15. The lowest BCUT2D eigenvalue weighted by Gasteiger charge is -2.39. The molecule has 0 fully saturated rings. The standard InChI is InChI=1S/C36H24BNO/c1-3-11-27(12-4-1)37-33-17-9-7-15-29(33)31-23-25(19-21-34(31)38(37)28-13-5-2-6-14-28)26-20-22-36-32(24-26)30-16-8-10-18-35(30)39-36/h1-24H. The van der Waals surface area contributed by atoms with Crippen LogP contribution in [0.5, 0.6) is 0 Å². The minimum Gasteiger partial charge on any atom is -0.456 e. The highest BCUT2D eigenvalue weighted by molar-refractivity contribution is 6.90. The van der Waals surface area contributed by atoms with Gasteiger partial charge in [0.2, 0.25) is 0 Å². The van der Waals surface area contributed by atoms with Crippen molar-refractivity contribution in [1.82, 2.24) is 0 Å². The number of benzene rings is 6. The maximum atomic E-state index is 6.09. The van der Waals surface area contributed by atoms with Gasteiger partial charge in [-0.3, -0.25) is 0 Å². The highest BCUT2D eigenvalue weighted by atomic mass is 16.3. The van der Waals surface area contributed by atoms with Gasteiger partial charge in [0.05, 0.1) is 0 Å². The molecule has 1 aromatic heterocycles. The summed E-state index contributed by atoms with van der Waals surface area (Å²) < 4.78 is 6.09. The maximum absolute atomic E-state index is 6.09. The molecule has 0 atom stereocenters. The third-order valence-corrected chi connectivity index (χ3v) is 7.92. The second-order valence-corrected chi connectivity index (χ2v) is 10.1. The summed E-state index contributed by atoms with van der Waals surface area (Å²) in [5, 5.41) is 2.30. The Morgan fingerprint density at radius 2 is 1.15 bits per heavy atom. The fourth-order valence-corrected chi connectivity index (χ4v) is 6.15. The predicted molar refractivity (Wildman–Crippen MR) is 165 cm³/mol. The average Bonchev–Trinajstić information content (AvgIpc) is 3.39. The van der Waals surface area contributed by atoms with E-state index in [-0.39, 0.29) is 6.85 Å². The van der Waals surface area contributed by atoms with Gasteiger partial charge in [-0.05, 0) is 64.6 Å². The summed E-state index contributed by atoms with van der Waals surface area (Å²) >= 11 is 0. The molecule has 182 valence electrons. The molecule has 2 nitrogen and oxygen atoms in total. The van der Waals surface area contributed by atoms with E-state index in [2.05, 4.69) is 138 Å². The number of hydrogen-bond donors (Lipinski definition) is 0. The second-order valence-electron chi connectivity index (χ2n) is 10.1. The van der Waals surface area contributed by atoms with Crippen LogP contribution >= 0.6 is 0 Å². The van der Waals surface area contributed by atoms with E-state index in [0.29, 0.717) is 0 Å². The summed E-state index contributed by atoms with van der Waals surface area (Å²) in [6, 6.07) is 52.1. The molecule has 0 amide bonds. The molecule has 0 radical (unpaired) electrons. The first-order chi connectivity index (χ1) is 19.3. The van der Waals surface area contributed by atoms with Crippen LogP contribution in [0.3, 0.4) is 0 Å². The van der Waals surface area contributed by atoms with Gasteiger partial charge in [-0.2, -0.15) is 0 Å². The van der Waals surface area contributed by atoms with Gasteiger partial charge in [-0.15, -0.1) is 0 Å². The quantitative estimate of drug-likeness (QED) is 0.229. The van der Waals surface area contributed by atoms with E-state index >= 15 is 0 Å². The lowest BCUT2D eigenvalue weighted by Crippen LogP contribution is -2.57. The van der Waals surface area contributed by atoms with Crippen molar-refractivity contribution in [3.8, 4) is 22.3 Å². The summed E-state index contributed by atoms with van der Waals surface area (Å²) in [6.07, 6.45) is 0. The molecule has 1 aliphatic heterocycles. The van der Waals surface area contributed by atoms with Crippen LogP contribution in [-0.4, -0.2) is 6.85 Å². The van der Waals surface area contributed by atoms with Crippen LogP contribution in [0.15, 0.2) is 150 Å². The predicted octanol–water partition coefficient (Wildman–Crippen LogP) is 8.18. The Hall–Kier alpha value is -5.02. The molecule has 3 heteroatoms. The third kappa shape index (κ3) is 3.51. The molecular formula is C36H24BNO. The number of anilines is 2. The summed E-state index contributed by atoms with van der Waals surface area (Å²) in [7, 11) is 0. The molecule has 0 saturated heterocycles. The van der Waals surface area contributed by atoms with Crippen LogP contribution in [0, 0.1) is 0 Å². The molecule has 0 aliphatic carbocycles. The topological polar surface area (TPSA) is 16.4 Å².